The summed E-state index contributed by atoms with van der Waals surface area (Å²) in [6.45, 7) is 0. The van der Waals surface area contributed by atoms with Crippen molar-refractivity contribution >= 4 is 28.8 Å². The van der Waals surface area contributed by atoms with Crippen LogP contribution in [-0.2, 0) is 0 Å². The van der Waals surface area contributed by atoms with Gasteiger partial charge in [-0.1, -0.05) is 66.3 Å². The smallest absolute Gasteiger partial charge is 0.0848 e. The van der Waals surface area contributed by atoms with E-state index in [1.165, 1.54) is 0 Å². The van der Waals surface area contributed by atoms with Crippen LogP contribution >= 0.6 is 23.8 Å². The summed E-state index contributed by atoms with van der Waals surface area (Å²) in [5.74, 6) is -0.0523. The molecule has 2 N–H and O–H groups in total. The summed E-state index contributed by atoms with van der Waals surface area (Å²) in [5.41, 5.74) is 8.00. The Morgan fingerprint density at radius 2 is 1.47 bits per heavy atom. The van der Waals surface area contributed by atoms with Crippen molar-refractivity contribution in [2.24, 2.45) is 5.73 Å². The quantitative estimate of drug-likeness (QED) is 0.852. The van der Waals surface area contributed by atoms with Crippen LogP contribution in [0.1, 0.15) is 17.0 Å². The van der Waals surface area contributed by atoms with Crippen molar-refractivity contribution in [2.45, 2.75) is 5.92 Å². The third-order valence-electron chi connectivity index (χ3n) is 2.62. The second kappa shape index (κ2) is 5.30. The van der Waals surface area contributed by atoms with Gasteiger partial charge in [-0.15, -0.1) is 0 Å². The van der Waals surface area contributed by atoms with Gasteiger partial charge in [0.1, 0.15) is 0 Å². The second-order valence-corrected chi connectivity index (χ2v) is 4.71. The number of thiocarbonyl (C=S) groups is 1. The van der Waals surface area contributed by atoms with E-state index in [2.05, 4.69) is 0 Å². The van der Waals surface area contributed by atoms with Gasteiger partial charge < -0.3 is 5.73 Å². The minimum atomic E-state index is -0.0523. The van der Waals surface area contributed by atoms with Crippen molar-refractivity contribution in [3.63, 3.8) is 0 Å². The standard InChI is InChI=1S/C14H12ClNS/c15-12-8-6-11(7-9-12)13(14(16)17)10-4-2-1-3-5-10/h1-9,13H,(H2,16,17). The molecule has 0 saturated carbocycles. The van der Waals surface area contributed by atoms with Gasteiger partial charge in [0.2, 0.25) is 0 Å². The fourth-order valence-electron chi connectivity index (χ4n) is 1.82. The lowest BCUT2D eigenvalue weighted by molar-refractivity contribution is 1.08. The summed E-state index contributed by atoms with van der Waals surface area (Å²) < 4.78 is 0. The van der Waals surface area contributed by atoms with Gasteiger partial charge in [0.05, 0.1) is 10.9 Å². The summed E-state index contributed by atoms with van der Waals surface area (Å²) in [6.07, 6.45) is 0. The van der Waals surface area contributed by atoms with E-state index in [9.17, 15) is 0 Å². The average molecular weight is 262 g/mol. The Morgan fingerprint density at radius 3 is 2.00 bits per heavy atom. The van der Waals surface area contributed by atoms with Crippen LogP contribution in [-0.4, -0.2) is 4.99 Å². The van der Waals surface area contributed by atoms with Crippen molar-refractivity contribution in [2.75, 3.05) is 0 Å². The first-order chi connectivity index (χ1) is 8.18. The third-order valence-corrected chi connectivity index (χ3v) is 3.11. The zero-order valence-electron chi connectivity index (χ0n) is 9.14. The monoisotopic (exact) mass is 261 g/mol. The molecule has 2 rings (SSSR count). The van der Waals surface area contributed by atoms with Gasteiger partial charge in [-0.2, -0.15) is 0 Å². The molecule has 1 atom stereocenters. The Hall–Kier alpha value is -1.38. The van der Waals surface area contributed by atoms with Crippen molar-refractivity contribution < 1.29 is 0 Å². The minimum Gasteiger partial charge on any atom is -0.393 e. The first-order valence-corrected chi connectivity index (χ1v) is 6.07. The molecule has 86 valence electrons. The van der Waals surface area contributed by atoms with Crippen molar-refractivity contribution in [1.82, 2.24) is 0 Å². The molecule has 0 saturated heterocycles. The molecule has 2 aromatic rings. The molecular formula is C14H12ClNS. The van der Waals surface area contributed by atoms with Gasteiger partial charge in [-0.3, -0.25) is 0 Å². The summed E-state index contributed by atoms with van der Waals surface area (Å²) in [6, 6.07) is 17.6. The maximum absolute atomic E-state index is 5.88. The van der Waals surface area contributed by atoms with Crippen molar-refractivity contribution in [1.29, 1.82) is 0 Å². The van der Waals surface area contributed by atoms with E-state index >= 15 is 0 Å². The Bertz CT molecular complexity index is 508. The zero-order chi connectivity index (χ0) is 12.3. The van der Waals surface area contributed by atoms with Crippen molar-refractivity contribution in [3.8, 4) is 0 Å². The highest BCUT2D eigenvalue weighted by Gasteiger charge is 2.16. The molecule has 0 amide bonds. The lowest BCUT2D eigenvalue weighted by atomic mass is 9.91. The SMILES string of the molecule is NC(=S)C(c1ccccc1)c1ccc(Cl)cc1. The third kappa shape index (κ3) is 2.84. The van der Waals surface area contributed by atoms with Crippen LogP contribution in [0, 0.1) is 0 Å². The zero-order valence-corrected chi connectivity index (χ0v) is 10.7. The second-order valence-electron chi connectivity index (χ2n) is 3.80. The molecular weight excluding hydrogens is 250 g/mol. The molecule has 0 aliphatic carbocycles. The molecule has 1 unspecified atom stereocenters. The van der Waals surface area contributed by atoms with Gasteiger partial charge in [0.15, 0.2) is 0 Å². The Balaban J connectivity index is 2.43. The summed E-state index contributed by atoms with van der Waals surface area (Å²) in [7, 11) is 0. The highest BCUT2D eigenvalue weighted by molar-refractivity contribution is 7.80. The van der Waals surface area contributed by atoms with E-state index < -0.39 is 0 Å². The van der Waals surface area contributed by atoms with Crippen LogP contribution in [0.15, 0.2) is 54.6 Å². The predicted octanol–water partition coefficient (Wildman–Crippen LogP) is 3.76. The van der Waals surface area contributed by atoms with Crippen LogP contribution in [0.5, 0.6) is 0 Å². The summed E-state index contributed by atoms with van der Waals surface area (Å²) in [5, 5.41) is 0.712. The molecule has 0 aliphatic heterocycles. The molecule has 0 radical (unpaired) electrons. The Morgan fingerprint density at radius 1 is 0.941 bits per heavy atom. The van der Waals surface area contributed by atoms with Gasteiger partial charge >= 0.3 is 0 Å². The number of halogens is 1. The number of rotatable bonds is 3. The minimum absolute atomic E-state index is 0.0523. The normalized spacial score (nSPS) is 12.1. The van der Waals surface area contributed by atoms with Gasteiger partial charge in [-0.05, 0) is 23.3 Å². The van der Waals surface area contributed by atoms with Crippen LogP contribution in [0.25, 0.3) is 0 Å². The summed E-state index contributed by atoms with van der Waals surface area (Å²) in [4.78, 5) is 0.471. The van der Waals surface area contributed by atoms with Gasteiger partial charge in [0, 0.05) is 5.02 Å². The van der Waals surface area contributed by atoms with Crippen LogP contribution in [0.3, 0.4) is 0 Å². The maximum atomic E-state index is 5.88. The molecule has 2 aromatic carbocycles. The number of nitrogens with two attached hydrogens (primary N) is 1. The fourth-order valence-corrected chi connectivity index (χ4v) is 2.22. The van der Waals surface area contributed by atoms with E-state index in [0.717, 1.165) is 11.1 Å². The van der Waals surface area contributed by atoms with Crippen LogP contribution < -0.4 is 5.73 Å². The average Bonchev–Trinajstić information content (AvgIpc) is 2.33. The lowest BCUT2D eigenvalue weighted by Gasteiger charge is -2.16. The molecule has 0 aliphatic rings. The topological polar surface area (TPSA) is 26.0 Å². The fraction of sp³-hybridized carbons (Fsp3) is 0.0714. The van der Waals surface area contributed by atoms with Crippen LogP contribution in [0.4, 0.5) is 0 Å². The van der Waals surface area contributed by atoms with E-state index in [1.807, 2.05) is 54.6 Å². The van der Waals surface area contributed by atoms with E-state index in [-0.39, 0.29) is 5.92 Å². The largest absolute Gasteiger partial charge is 0.393 e. The maximum Gasteiger partial charge on any atom is 0.0848 e. The van der Waals surface area contributed by atoms with Gasteiger partial charge in [0.25, 0.3) is 0 Å². The van der Waals surface area contributed by atoms with Crippen molar-refractivity contribution in [3.05, 3.63) is 70.7 Å². The first kappa shape index (κ1) is 12.1. The molecule has 0 spiro atoms. The first-order valence-electron chi connectivity index (χ1n) is 5.28. The van der Waals surface area contributed by atoms with E-state index in [4.69, 9.17) is 29.6 Å². The lowest BCUT2D eigenvalue weighted by Crippen LogP contribution is -2.20. The van der Waals surface area contributed by atoms with E-state index in [1.54, 1.807) is 0 Å². The Labute approximate surface area is 111 Å². The molecule has 0 heterocycles. The summed E-state index contributed by atoms with van der Waals surface area (Å²) >= 11 is 11.0. The molecule has 1 nitrogen and oxygen atoms in total. The molecule has 17 heavy (non-hydrogen) atoms. The Kier molecular flexibility index (Phi) is 3.77. The molecule has 3 heteroatoms. The molecule has 0 fully saturated rings. The van der Waals surface area contributed by atoms with Gasteiger partial charge in [-0.25, -0.2) is 0 Å². The van der Waals surface area contributed by atoms with Crippen LogP contribution in [0.2, 0.25) is 5.02 Å². The molecule has 0 bridgehead atoms. The number of hydrogen-bond acceptors (Lipinski definition) is 1. The number of hydrogen-bond donors (Lipinski definition) is 1. The highest BCUT2D eigenvalue weighted by Crippen LogP contribution is 2.26. The van der Waals surface area contributed by atoms with E-state index in [0.29, 0.717) is 10.0 Å². The highest BCUT2D eigenvalue weighted by atomic mass is 35.5. The predicted molar refractivity (Wildman–Crippen MR) is 76.5 cm³/mol. The number of benzene rings is 2. The molecule has 0 aromatic heterocycles.